The van der Waals surface area contributed by atoms with Crippen LogP contribution in [0, 0.1) is 0 Å². The van der Waals surface area contributed by atoms with Crippen LogP contribution in [-0.2, 0) is 9.53 Å². The standard InChI is InChI=1S/C21H18O11/c22-10-2-1-8(3-11(10)23)15-6-13(25)18-12(24)4-9(5-16(18)31-15)30-17-7-14(26)19(27)20(32-17)21(28)29/h1-6,14,17,19-20,22-24,26-27H,7H2,(H,28,29)/t14-,17-,19+,20+/m1/s1. The van der Waals surface area contributed by atoms with Crippen LogP contribution in [0.25, 0.3) is 22.3 Å². The van der Waals surface area contributed by atoms with Crippen molar-refractivity contribution in [1.29, 1.82) is 0 Å². The first-order chi connectivity index (χ1) is 15.1. The van der Waals surface area contributed by atoms with E-state index in [0.29, 0.717) is 0 Å². The molecule has 32 heavy (non-hydrogen) atoms. The zero-order valence-electron chi connectivity index (χ0n) is 16.2. The molecule has 0 aliphatic carbocycles. The van der Waals surface area contributed by atoms with Gasteiger partial charge in [-0.25, -0.2) is 4.79 Å². The van der Waals surface area contributed by atoms with Crippen LogP contribution in [-0.4, -0.2) is 61.2 Å². The van der Waals surface area contributed by atoms with Crippen molar-refractivity contribution in [3.05, 3.63) is 46.6 Å². The van der Waals surface area contributed by atoms with Crippen LogP contribution in [0.1, 0.15) is 6.42 Å². The monoisotopic (exact) mass is 446 g/mol. The molecule has 1 aliphatic rings. The molecule has 0 saturated carbocycles. The summed E-state index contributed by atoms with van der Waals surface area (Å²) >= 11 is 0. The Morgan fingerprint density at radius 3 is 2.44 bits per heavy atom. The Kier molecular flexibility index (Phi) is 5.38. The number of carbonyl (C=O) groups is 1. The number of phenolic OH excluding ortho intramolecular Hbond substituents is 3. The van der Waals surface area contributed by atoms with E-state index >= 15 is 0 Å². The molecule has 1 fully saturated rings. The number of aliphatic hydroxyl groups excluding tert-OH is 2. The Balaban J connectivity index is 1.70. The SMILES string of the molecule is O=C(O)[C@H]1O[C@@H](Oc2cc(O)c3c(=O)cc(-c4ccc(O)c(O)c4)oc3c2)C[C@@H](O)[C@@H]1O. The quantitative estimate of drug-likeness (QED) is 0.312. The van der Waals surface area contributed by atoms with Gasteiger partial charge in [0, 0.05) is 30.2 Å². The minimum absolute atomic E-state index is 0.0350. The average molecular weight is 446 g/mol. The first-order valence-electron chi connectivity index (χ1n) is 9.38. The van der Waals surface area contributed by atoms with E-state index in [4.69, 9.17) is 19.0 Å². The van der Waals surface area contributed by atoms with E-state index in [0.717, 1.165) is 12.1 Å². The van der Waals surface area contributed by atoms with Gasteiger partial charge in [0.15, 0.2) is 23.0 Å². The number of aliphatic hydroxyl groups is 2. The van der Waals surface area contributed by atoms with Crippen molar-refractivity contribution in [3.8, 4) is 34.3 Å². The molecule has 11 nitrogen and oxygen atoms in total. The molecule has 0 spiro atoms. The number of hydrogen-bond acceptors (Lipinski definition) is 10. The highest BCUT2D eigenvalue weighted by atomic mass is 16.7. The lowest BCUT2D eigenvalue weighted by Gasteiger charge is -2.34. The molecule has 0 unspecified atom stereocenters. The maximum absolute atomic E-state index is 12.5. The van der Waals surface area contributed by atoms with Crippen molar-refractivity contribution < 1.29 is 49.3 Å². The molecule has 0 amide bonds. The van der Waals surface area contributed by atoms with E-state index in [1.54, 1.807) is 0 Å². The highest BCUT2D eigenvalue weighted by molar-refractivity contribution is 5.86. The first-order valence-corrected chi connectivity index (χ1v) is 9.38. The smallest absolute Gasteiger partial charge is 0.335 e. The molecule has 2 heterocycles. The fraction of sp³-hybridized carbons (Fsp3) is 0.238. The van der Waals surface area contributed by atoms with Crippen molar-refractivity contribution in [2.75, 3.05) is 0 Å². The Hall–Kier alpha value is -3.80. The predicted octanol–water partition coefficient (Wildman–Crippen LogP) is 0.877. The minimum Gasteiger partial charge on any atom is -0.507 e. The molecule has 1 aromatic heterocycles. The van der Waals surface area contributed by atoms with E-state index < -0.39 is 47.5 Å². The summed E-state index contributed by atoms with van der Waals surface area (Å²) in [5.41, 5.74) is -0.389. The van der Waals surface area contributed by atoms with Crippen molar-refractivity contribution in [3.63, 3.8) is 0 Å². The molecule has 1 aliphatic heterocycles. The maximum atomic E-state index is 12.5. The van der Waals surface area contributed by atoms with Gasteiger partial charge in [0.25, 0.3) is 0 Å². The zero-order valence-corrected chi connectivity index (χ0v) is 16.2. The third kappa shape index (κ3) is 3.91. The summed E-state index contributed by atoms with van der Waals surface area (Å²) in [5.74, 6) is -2.76. The lowest BCUT2D eigenvalue weighted by Crippen LogP contribution is -2.53. The summed E-state index contributed by atoms with van der Waals surface area (Å²) < 4.78 is 16.4. The summed E-state index contributed by atoms with van der Waals surface area (Å²) in [5, 5.41) is 58.1. The van der Waals surface area contributed by atoms with Gasteiger partial charge in [-0.2, -0.15) is 0 Å². The molecule has 1 saturated heterocycles. The third-order valence-electron chi connectivity index (χ3n) is 4.99. The Morgan fingerprint density at radius 2 is 1.75 bits per heavy atom. The summed E-state index contributed by atoms with van der Waals surface area (Å²) in [4.78, 5) is 23.7. The Labute approximate surface area is 178 Å². The van der Waals surface area contributed by atoms with Gasteiger partial charge in [-0.1, -0.05) is 0 Å². The zero-order chi connectivity index (χ0) is 23.2. The molecule has 4 rings (SSSR count). The molecule has 0 bridgehead atoms. The fourth-order valence-electron chi connectivity index (χ4n) is 3.40. The number of ether oxygens (including phenoxy) is 2. The molecule has 4 atom stereocenters. The van der Waals surface area contributed by atoms with Gasteiger partial charge in [0.1, 0.15) is 34.3 Å². The summed E-state index contributed by atoms with van der Waals surface area (Å²) in [6, 6.07) is 7.28. The molecule has 2 aromatic carbocycles. The second kappa shape index (κ2) is 8.04. The highest BCUT2D eigenvalue weighted by Gasteiger charge is 2.42. The van der Waals surface area contributed by atoms with Gasteiger partial charge in [-0.05, 0) is 18.2 Å². The second-order valence-corrected chi connectivity index (χ2v) is 7.23. The van der Waals surface area contributed by atoms with E-state index in [9.17, 15) is 35.1 Å². The predicted molar refractivity (Wildman–Crippen MR) is 106 cm³/mol. The molecule has 3 aromatic rings. The second-order valence-electron chi connectivity index (χ2n) is 7.23. The van der Waals surface area contributed by atoms with Gasteiger partial charge < -0.3 is 44.5 Å². The lowest BCUT2D eigenvalue weighted by atomic mass is 10.0. The highest BCUT2D eigenvalue weighted by Crippen LogP contribution is 2.35. The van der Waals surface area contributed by atoms with Crippen molar-refractivity contribution in [1.82, 2.24) is 0 Å². The van der Waals surface area contributed by atoms with Crippen LogP contribution >= 0.6 is 0 Å². The number of hydrogen-bond donors (Lipinski definition) is 6. The number of rotatable bonds is 4. The third-order valence-corrected chi connectivity index (χ3v) is 4.99. The normalized spacial score (nSPS) is 23.2. The number of carboxylic acids is 1. The minimum atomic E-state index is -1.72. The molecule has 168 valence electrons. The van der Waals surface area contributed by atoms with Crippen LogP contribution in [0.3, 0.4) is 0 Å². The average Bonchev–Trinajstić information content (AvgIpc) is 2.71. The first kappa shape index (κ1) is 21.4. The largest absolute Gasteiger partial charge is 0.507 e. The summed E-state index contributed by atoms with van der Waals surface area (Å²) in [7, 11) is 0. The number of fused-ring (bicyclic) bond motifs is 1. The van der Waals surface area contributed by atoms with Gasteiger partial charge in [-0.15, -0.1) is 0 Å². The Bertz CT molecular complexity index is 1250. The molecular weight excluding hydrogens is 428 g/mol. The number of carboxylic acid groups (broad SMARTS) is 1. The van der Waals surface area contributed by atoms with Crippen molar-refractivity contribution in [2.45, 2.75) is 31.0 Å². The molecule has 11 heteroatoms. The molecular formula is C21H18O11. The van der Waals surface area contributed by atoms with Gasteiger partial charge in [0.2, 0.25) is 6.29 Å². The molecule has 0 radical (unpaired) electrons. The van der Waals surface area contributed by atoms with Gasteiger partial charge in [-0.3, -0.25) is 4.79 Å². The van der Waals surface area contributed by atoms with Gasteiger partial charge >= 0.3 is 5.97 Å². The van der Waals surface area contributed by atoms with Gasteiger partial charge in [0.05, 0.1) is 6.10 Å². The lowest BCUT2D eigenvalue weighted by molar-refractivity contribution is -0.228. The van der Waals surface area contributed by atoms with Crippen LogP contribution in [0.15, 0.2) is 45.6 Å². The summed E-state index contributed by atoms with van der Waals surface area (Å²) in [6.45, 7) is 0. The fourth-order valence-corrected chi connectivity index (χ4v) is 3.40. The summed E-state index contributed by atoms with van der Waals surface area (Å²) in [6.07, 6.45) is -6.30. The van der Waals surface area contributed by atoms with E-state index in [-0.39, 0.29) is 40.2 Å². The maximum Gasteiger partial charge on any atom is 0.335 e. The number of aromatic hydroxyl groups is 3. The van der Waals surface area contributed by atoms with Crippen LogP contribution in [0.5, 0.6) is 23.0 Å². The Morgan fingerprint density at radius 1 is 1.00 bits per heavy atom. The van der Waals surface area contributed by atoms with Crippen LogP contribution < -0.4 is 10.2 Å². The van der Waals surface area contributed by atoms with Crippen molar-refractivity contribution in [2.24, 2.45) is 0 Å². The molecule has 6 N–H and O–H groups in total. The number of phenols is 3. The topological polar surface area (TPSA) is 187 Å². The van der Waals surface area contributed by atoms with E-state index in [1.165, 1.54) is 24.3 Å². The van der Waals surface area contributed by atoms with Crippen molar-refractivity contribution >= 4 is 16.9 Å². The van der Waals surface area contributed by atoms with E-state index in [2.05, 4.69) is 0 Å². The number of benzene rings is 2. The van der Waals surface area contributed by atoms with Crippen LogP contribution in [0.4, 0.5) is 0 Å². The number of aliphatic carboxylic acids is 1. The van der Waals surface area contributed by atoms with Crippen LogP contribution in [0.2, 0.25) is 0 Å². The van der Waals surface area contributed by atoms with E-state index in [1.807, 2.05) is 0 Å².